The highest BCUT2D eigenvalue weighted by atomic mass is 16.5. The third kappa shape index (κ3) is 2.50. The SMILES string of the molecule is COC(=O)/C=C/c1ccc(OC)c2c1[C@@H]1CCCC[C@@H]1O2. The van der Waals surface area contributed by atoms with Crippen LogP contribution in [-0.4, -0.2) is 26.3 Å². The van der Waals surface area contributed by atoms with Gasteiger partial charge in [0.05, 0.1) is 14.2 Å². The molecule has 0 spiro atoms. The first-order valence-corrected chi connectivity index (χ1v) is 7.38. The zero-order valence-electron chi connectivity index (χ0n) is 12.4. The smallest absolute Gasteiger partial charge is 0.330 e. The summed E-state index contributed by atoms with van der Waals surface area (Å²) in [6.07, 6.45) is 8.16. The quantitative estimate of drug-likeness (QED) is 0.632. The monoisotopic (exact) mass is 288 g/mol. The Morgan fingerprint density at radius 1 is 1.29 bits per heavy atom. The minimum absolute atomic E-state index is 0.246. The normalized spacial score (nSPS) is 23.3. The molecule has 0 N–H and O–H groups in total. The van der Waals surface area contributed by atoms with Crippen LogP contribution in [0.25, 0.3) is 6.08 Å². The number of carbonyl (C=O) groups excluding carboxylic acids is 1. The lowest BCUT2D eigenvalue weighted by Crippen LogP contribution is -2.22. The Labute approximate surface area is 124 Å². The van der Waals surface area contributed by atoms with Crippen LogP contribution >= 0.6 is 0 Å². The Morgan fingerprint density at radius 3 is 2.86 bits per heavy atom. The molecule has 112 valence electrons. The number of fused-ring (bicyclic) bond motifs is 3. The molecule has 4 nitrogen and oxygen atoms in total. The summed E-state index contributed by atoms with van der Waals surface area (Å²) in [6.45, 7) is 0. The second-order valence-electron chi connectivity index (χ2n) is 5.50. The van der Waals surface area contributed by atoms with Crippen molar-refractivity contribution in [1.82, 2.24) is 0 Å². The molecule has 1 heterocycles. The number of hydrogen-bond acceptors (Lipinski definition) is 4. The lowest BCUT2D eigenvalue weighted by atomic mass is 9.81. The summed E-state index contributed by atoms with van der Waals surface area (Å²) < 4.78 is 16.2. The minimum atomic E-state index is -0.348. The molecule has 1 saturated carbocycles. The summed E-state index contributed by atoms with van der Waals surface area (Å²) >= 11 is 0. The van der Waals surface area contributed by atoms with E-state index in [1.807, 2.05) is 18.2 Å². The summed E-state index contributed by atoms with van der Waals surface area (Å²) in [4.78, 5) is 11.3. The molecular weight excluding hydrogens is 268 g/mol. The molecule has 0 radical (unpaired) electrons. The number of rotatable bonds is 3. The number of benzene rings is 1. The van der Waals surface area contributed by atoms with E-state index in [0.29, 0.717) is 5.92 Å². The standard InChI is InChI=1S/C17H20O4/c1-19-14-9-7-11(8-10-15(18)20-2)16-12-5-3-4-6-13(12)21-17(14)16/h7-10,12-13H,3-6H2,1-2H3/b10-8+/t12-,13+/m1/s1. The summed E-state index contributed by atoms with van der Waals surface area (Å²) in [5.41, 5.74) is 2.20. The fourth-order valence-electron chi connectivity index (χ4n) is 3.35. The second-order valence-corrected chi connectivity index (χ2v) is 5.50. The van der Waals surface area contributed by atoms with Crippen molar-refractivity contribution >= 4 is 12.0 Å². The van der Waals surface area contributed by atoms with Gasteiger partial charge < -0.3 is 14.2 Å². The van der Waals surface area contributed by atoms with Gasteiger partial charge >= 0.3 is 5.97 Å². The largest absolute Gasteiger partial charge is 0.493 e. The van der Waals surface area contributed by atoms with Crippen LogP contribution in [0.15, 0.2) is 18.2 Å². The van der Waals surface area contributed by atoms with Gasteiger partial charge in [0.25, 0.3) is 0 Å². The number of carbonyl (C=O) groups is 1. The maximum Gasteiger partial charge on any atom is 0.330 e. The van der Waals surface area contributed by atoms with Crippen LogP contribution in [0.5, 0.6) is 11.5 Å². The van der Waals surface area contributed by atoms with E-state index < -0.39 is 0 Å². The van der Waals surface area contributed by atoms with E-state index in [-0.39, 0.29) is 12.1 Å². The summed E-state index contributed by atoms with van der Waals surface area (Å²) in [5, 5.41) is 0. The number of hydrogen-bond donors (Lipinski definition) is 0. The Hall–Kier alpha value is -1.97. The van der Waals surface area contributed by atoms with Crippen molar-refractivity contribution in [1.29, 1.82) is 0 Å². The molecule has 21 heavy (non-hydrogen) atoms. The number of methoxy groups -OCH3 is 2. The van der Waals surface area contributed by atoms with Crippen molar-refractivity contribution in [3.63, 3.8) is 0 Å². The molecule has 0 aromatic heterocycles. The van der Waals surface area contributed by atoms with Crippen LogP contribution in [0.1, 0.15) is 42.7 Å². The lowest BCUT2D eigenvalue weighted by molar-refractivity contribution is -0.134. The Balaban J connectivity index is 2.02. The molecule has 4 heteroatoms. The van der Waals surface area contributed by atoms with E-state index in [1.54, 1.807) is 7.11 Å². The maximum atomic E-state index is 11.3. The van der Waals surface area contributed by atoms with E-state index in [9.17, 15) is 4.79 Å². The molecular formula is C17H20O4. The molecule has 0 unspecified atom stereocenters. The fraction of sp³-hybridized carbons (Fsp3) is 0.471. The van der Waals surface area contributed by atoms with Crippen molar-refractivity contribution in [2.75, 3.05) is 14.2 Å². The van der Waals surface area contributed by atoms with Crippen LogP contribution in [0.3, 0.4) is 0 Å². The first-order chi connectivity index (χ1) is 10.2. The van der Waals surface area contributed by atoms with Gasteiger partial charge in [0, 0.05) is 17.6 Å². The predicted molar refractivity (Wildman–Crippen MR) is 79.7 cm³/mol. The van der Waals surface area contributed by atoms with Crippen LogP contribution in [-0.2, 0) is 9.53 Å². The second kappa shape index (κ2) is 5.80. The molecule has 1 aromatic rings. The van der Waals surface area contributed by atoms with E-state index in [2.05, 4.69) is 4.74 Å². The van der Waals surface area contributed by atoms with Crippen LogP contribution in [0, 0.1) is 0 Å². The topological polar surface area (TPSA) is 44.8 Å². The third-order valence-corrected chi connectivity index (χ3v) is 4.36. The number of ether oxygens (including phenoxy) is 3. The van der Waals surface area contributed by atoms with Crippen molar-refractivity contribution in [2.24, 2.45) is 0 Å². The van der Waals surface area contributed by atoms with E-state index >= 15 is 0 Å². The zero-order valence-corrected chi connectivity index (χ0v) is 12.4. The molecule has 0 amide bonds. The van der Waals surface area contributed by atoms with E-state index in [1.165, 1.54) is 31.6 Å². The molecule has 1 fully saturated rings. The van der Waals surface area contributed by atoms with Gasteiger partial charge in [0.2, 0.25) is 0 Å². The molecule has 0 saturated heterocycles. The molecule has 2 atom stereocenters. The van der Waals surface area contributed by atoms with E-state index in [0.717, 1.165) is 29.9 Å². The van der Waals surface area contributed by atoms with Crippen LogP contribution in [0.2, 0.25) is 0 Å². The Kier molecular flexibility index (Phi) is 3.86. The Morgan fingerprint density at radius 2 is 2.10 bits per heavy atom. The average Bonchev–Trinajstić information content (AvgIpc) is 2.92. The molecule has 0 bridgehead atoms. The lowest BCUT2D eigenvalue weighted by Gasteiger charge is -2.24. The molecule has 2 aliphatic rings. The van der Waals surface area contributed by atoms with Gasteiger partial charge in [0.15, 0.2) is 11.5 Å². The van der Waals surface area contributed by atoms with Gasteiger partial charge in [-0.05, 0) is 37.0 Å². The van der Waals surface area contributed by atoms with Crippen molar-refractivity contribution in [3.8, 4) is 11.5 Å². The summed E-state index contributed by atoms with van der Waals surface area (Å²) in [6, 6.07) is 3.88. The van der Waals surface area contributed by atoms with Gasteiger partial charge in [-0.1, -0.05) is 12.5 Å². The molecule has 1 aromatic carbocycles. The summed E-state index contributed by atoms with van der Waals surface area (Å²) in [7, 11) is 3.04. The van der Waals surface area contributed by atoms with Gasteiger partial charge in [0.1, 0.15) is 6.10 Å². The predicted octanol–water partition coefficient (Wildman–Crippen LogP) is 3.30. The van der Waals surface area contributed by atoms with E-state index in [4.69, 9.17) is 9.47 Å². The van der Waals surface area contributed by atoms with Crippen LogP contribution in [0.4, 0.5) is 0 Å². The van der Waals surface area contributed by atoms with Gasteiger partial charge in [-0.2, -0.15) is 0 Å². The molecule has 3 rings (SSSR count). The summed E-state index contributed by atoms with van der Waals surface area (Å²) in [5.74, 6) is 1.68. The minimum Gasteiger partial charge on any atom is -0.493 e. The first-order valence-electron chi connectivity index (χ1n) is 7.38. The highest BCUT2D eigenvalue weighted by Crippen LogP contribution is 2.51. The van der Waals surface area contributed by atoms with Crippen molar-refractivity contribution in [2.45, 2.75) is 37.7 Å². The van der Waals surface area contributed by atoms with Gasteiger partial charge in [-0.25, -0.2) is 4.79 Å². The first kappa shape index (κ1) is 14.0. The fourth-order valence-corrected chi connectivity index (χ4v) is 3.35. The molecule has 1 aliphatic carbocycles. The number of esters is 1. The highest BCUT2D eigenvalue weighted by molar-refractivity contribution is 5.87. The zero-order chi connectivity index (χ0) is 14.8. The third-order valence-electron chi connectivity index (χ3n) is 4.36. The highest BCUT2D eigenvalue weighted by Gasteiger charge is 2.39. The maximum absolute atomic E-state index is 11.3. The van der Waals surface area contributed by atoms with Crippen molar-refractivity contribution in [3.05, 3.63) is 29.3 Å². The Bertz CT molecular complexity index is 576. The van der Waals surface area contributed by atoms with Gasteiger partial charge in [-0.3, -0.25) is 0 Å². The molecule has 1 aliphatic heterocycles. The van der Waals surface area contributed by atoms with Crippen LogP contribution < -0.4 is 9.47 Å². The van der Waals surface area contributed by atoms with Gasteiger partial charge in [-0.15, -0.1) is 0 Å². The van der Waals surface area contributed by atoms with Crippen molar-refractivity contribution < 1.29 is 19.0 Å². The average molecular weight is 288 g/mol.